The summed E-state index contributed by atoms with van der Waals surface area (Å²) >= 11 is 12.4. The Labute approximate surface area is 233 Å². The molecule has 1 amide bonds. The van der Waals surface area contributed by atoms with Gasteiger partial charge in [0.15, 0.2) is 11.5 Å². The normalized spacial score (nSPS) is 24.1. The number of amides is 1. The number of carbonyl (C=O) groups excluding carboxylic acids is 2. The van der Waals surface area contributed by atoms with Crippen molar-refractivity contribution in [2.24, 2.45) is 11.3 Å². The first-order valence-corrected chi connectivity index (χ1v) is 13.8. The summed E-state index contributed by atoms with van der Waals surface area (Å²) in [5, 5.41) is 13.5. The Morgan fingerprint density at radius 2 is 1.69 bits per heavy atom. The van der Waals surface area contributed by atoms with Gasteiger partial charge in [0.1, 0.15) is 0 Å². The highest BCUT2D eigenvalue weighted by atomic mass is 35.5. The van der Waals surface area contributed by atoms with Gasteiger partial charge in [0.25, 0.3) is 5.91 Å². The molecule has 0 radical (unpaired) electrons. The third-order valence-electron chi connectivity index (χ3n) is 8.85. The molecule has 7 nitrogen and oxygen atoms in total. The van der Waals surface area contributed by atoms with Crippen LogP contribution in [0.15, 0.2) is 24.4 Å². The van der Waals surface area contributed by atoms with E-state index in [0.717, 1.165) is 36.6 Å². The molecule has 2 aromatic rings. The van der Waals surface area contributed by atoms with Crippen LogP contribution in [0.25, 0.3) is 0 Å². The summed E-state index contributed by atoms with van der Waals surface area (Å²) in [7, 11) is 0. The van der Waals surface area contributed by atoms with Crippen molar-refractivity contribution in [2.45, 2.75) is 76.0 Å². The molecule has 1 heterocycles. The van der Waals surface area contributed by atoms with Crippen LogP contribution in [-0.2, 0) is 11.0 Å². The topological polar surface area (TPSA) is 92.5 Å². The lowest BCUT2D eigenvalue weighted by Crippen LogP contribution is -2.61. The maximum Gasteiger partial charge on any atom is 0.433 e. The number of ketones is 1. The SMILES string of the molecule is O=C(CN(C(=O)c1cnn(C2CCC(C(=O)O)CC2)c1C(F)(F)F)[C@H]1CCC12CCC2)c1c(Cl)cccc1Cl. The number of carbonyl (C=O) groups is 3. The van der Waals surface area contributed by atoms with Gasteiger partial charge in [-0.3, -0.25) is 19.1 Å². The Morgan fingerprint density at radius 1 is 1.05 bits per heavy atom. The van der Waals surface area contributed by atoms with Crippen molar-refractivity contribution in [1.82, 2.24) is 14.7 Å². The minimum Gasteiger partial charge on any atom is -0.481 e. The summed E-state index contributed by atoms with van der Waals surface area (Å²) in [5.41, 5.74) is -1.93. The molecule has 1 aromatic carbocycles. The summed E-state index contributed by atoms with van der Waals surface area (Å²) in [5.74, 6) is -3.03. The van der Waals surface area contributed by atoms with Crippen molar-refractivity contribution in [1.29, 1.82) is 0 Å². The molecule has 3 saturated carbocycles. The minimum atomic E-state index is -4.89. The number of nitrogens with zero attached hydrogens (tertiary/aromatic N) is 3. The smallest absolute Gasteiger partial charge is 0.433 e. The van der Waals surface area contributed by atoms with E-state index in [-0.39, 0.29) is 52.7 Å². The fourth-order valence-corrected chi connectivity index (χ4v) is 7.11. The van der Waals surface area contributed by atoms with E-state index in [9.17, 15) is 32.7 Å². The number of carboxylic acids is 1. The second-order valence-electron chi connectivity index (χ2n) is 10.9. The van der Waals surface area contributed by atoms with Gasteiger partial charge in [-0.25, -0.2) is 0 Å². The molecule has 0 aliphatic heterocycles. The molecule has 3 fully saturated rings. The molecule has 3 aliphatic rings. The second kappa shape index (κ2) is 10.4. The Morgan fingerprint density at radius 3 is 2.18 bits per heavy atom. The molecule has 1 spiro atoms. The standard InChI is InChI=1S/C27H28Cl2F3N3O4/c28-18-3-1-4-19(29)22(18)20(36)14-34(21-9-12-26(21)10-2-11-26)24(37)17-13-33-35(23(17)27(30,31)32)16-7-5-15(6-8-16)25(38)39/h1,3-4,13,15-16,21H,2,5-12,14H2,(H,38,39)/t15?,16?,21-/m0/s1. The Hall–Kier alpha value is -2.59. The lowest BCUT2D eigenvalue weighted by atomic mass is 9.52. The number of hydrogen-bond acceptors (Lipinski definition) is 4. The van der Waals surface area contributed by atoms with Crippen molar-refractivity contribution in [3.63, 3.8) is 0 Å². The number of hydrogen-bond donors (Lipinski definition) is 1. The van der Waals surface area contributed by atoms with E-state index in [1.165, 1.54) is 17.0 Å². The molecule has 1 aromatic heterocycles. The molecule has 5 rings (SSSR count). The van der Waals surface area contributed by atoms with Gasteiger partial charge in [-0.2, -0.15) is 18.3 Å². The average molecular weight is 586 g/mol. The van der Waals surface area contributed by atoms with Crippen LogP contribution in [0.4, 0.5) is 13.2 Å². The minimum absolute atomic E-state index is 0.0301. The van der Waals surface area contributed by atoms with Gasteiger partial charge >= 0.3 is 12.1 Å². The zero-order chi connectivity index (χ0) is 28.1. The van der Waals surface area contributed by atoms with Crippen LogP contribution in [-0.4, -0.2) is 50.0 Å². The van der Waals surface area contributed by atoms with Crippen LogP contribution in [0.2, 0.25) is 10.0 Å². The monoisotopic (exact) mass is 585 g/mol. The first-order chi connectivity index (χ1) is 18.4. The van der Waals surface area contributed by atoms with E-state index in [4.69, 9.17) is 23.2 Å². The predicted molar refractivity (Wildman–Crippen MR) is 137 cm³/mol. The molecule has 39 heavy (non-hydrogen) atoms. The number of Topliss-reactive ketones (excluding diaryl/α,β-unsaturated/α-hetero) is 1. The van der Waals surface area contributed by atoms with Crippen molar-refractivity contribution in [3.05, 3.63) is 51.3 Å². The highest BCUT2D eigenvalue weighted by Gasteiger charge is 2.55. The predicted octanol–water partition coefficient (Wildman–Crippen LogP) is 6.68. The van der Waals surface area contributed by atoms with E-state index < -0.39 is 53.6 Å². The highest BCUT2D eigenvalue weighted by molar-refractivity contribution is 6.40. The van der Waals surface area contributed by atoms with E-state index >= 15 is 0 Å². The van der Waals surface area contributed by atoms with Gasteiger partial charge in [-0.05, 0) is 68.9 Å². The van der Waals surface area contributed by atoms with Gasteiger partial charge in [-0.1, -0.05) is 35.7 Å². The Bertz CT molecular complexity index is 1270. The van der Waals surface area contributed by atoms with Gasteiger partial charge < -0.3 is 10.0 Å². The van der Waals surface area contributed by atoms with Crippen LogP contribution in [0.1, 0.15) is 90.2 Å². The molecular weight excluding hydrogens is 558 g/mol. The zero-order valence-electron chi connectivity index (χ0n) is 21.0. The van der Waals surface area contributed by atoms with Crippen molar-refractivity contribution < 1.29 is 32.7 Å². The van der Waals surface area contributed by atoms with Crippen molar-refractivity contribution in [3.8, 4) is 0 Å². The van der Waals surface area contributed by atoms with Gasteiger partial charge in [-0.15, -0.1) is 0 Å². The van der Waals surface area contributed by atoms with E-state index in [1.807, 2.05) is 0 Å². The fourth-order valence-electron chi connectivity index (χ4n) is 6.50. The number of rotatable bonds is 7. The summed E-state index contributed by atoms with van der Waals surface area (Å²) < 4.78 is 44.2. The summed E-state index contributed by atoms with van der Waals surface area (Å²) in [4.78, 5) is 39.9. The fraction of sp³-hybridized carbons (Fsp3) is 0.556. The first kappa shape index (κ1) is 28.0. The lowest BCUT2D eigenvalue weighted by Gasteiger charge is -2.59. The maximum atomic E-state index is 14.5. The number of alkyl halides is 3. The average Bonchev–Trinajstić information content (AvgIpc) is 3.27. The lowest BCUT2D eigenvalue weighted by molar-refractivity contribution is -0.147. The number of aromatic nitrogens is 2. The Balaban J connectivity index is 1.49. The van der Waals surface area contributed by atoms with E-state index in [2.05, 4.69) is 5.10 Å². The molecule has 1 atom stereocenters. The quantitative estimate of drug-likeness (QED) is 0.366. The van der Waals surface area contributed by atoms with Gasteiger partial charge in [0.05, 0.1) is 45.9 Å². The molecule has 3 aliphatic carbocycles. The summed E-state index contributed by atoms with van der Waals surface area (Å²) in [6, 6.07) is 3.51. The Kier molecular flexibility index (Phi) is 7.47. The molecule has 12 heteroatoms. The van der Waals surface area contributed by atoms with E-state index in [1.54, 1.807) is 6.07 Å². The van der Waals surface area contributed by atoms with Gasteiger partial charge in [0, 0.05) is 6.04 Å². The zero-order valence-corrected chi connectivity index (χ0v) is 22.5. The van der Waals surface area contributed by atoms with Crippen LogP contribution in [0.3, 0.4) is 0 Å². The van der Waals surface area contributed by atoms with Crippen LogP contribution in [0.5, 0.6) is 0 Å². The van der Waals surface area contributed by atoms with Crippen molar-refractivity contribution in [2.75, 3.05) is 6.54 Å². The van der Waals surface area contributed by atoms with Crippen LogP contribution < -0.4 is 0 Å². The maximum absolute atomic E-state index is 14.5. The molecule has 0 saturated heterocycles. The van der Waals surface area contributed by atoms with Crippen LogP contribution in [0, 0.1) is 11.3 Å². The highest BCUT2D eigenvalue weighted by Crippen LogP contribution is 2.58. The summed E-state index contributed by atoms with van der Waals surface area (Å²) in [6.07, 6.45) is 0.998. The van der Waals surface area contributed by atoms with Crippen LogP contribution >= 0.6 is 23.2 Å². The van der Waals surface area contributed by atoms with Crippen molar-refractivity contribution >= 4 is 40.9 Å². The molecule has 0 unspecified atom stereocenters. The molecule has 1 N–H and O–H groups in total. The molecule has 210 valence electrons. The van der Waals surface area contributed by atoms with Gasteiger partial charge in [0.2, 0.25) is 0 Å². The third kappa shape index (κ3) is 5.06. The second-order valence-corrected chi connectivity index (χ2v) is 11.7. The number of aliphatic carboxylic acids is 1. The number of benzene rings is 1. The molecular formula is C27H28Cl2F3N3O4. The number of halogens is 5. The first-order valence-electron chi connectivity index (χ1n) is 13.1. The third-order valence-corrected chi connectivity index (χ3v) is 9.48. The van der Waals surface area contributed by atoms with E-state index in [0.29, 0.717) is 6.42 Å². The number of carboxylic acid groups (broad SMARTS) is 1. The largest absolute Gasteiger partial charge is 0.481 e. The summed E-state index contributed by atoms with van der Waals surface area (Å²) in [6.45, 7) is -0.457. The molecule has 0 bridgehead atoms.